The van der Waals surface area contributed by atoms with E-state index in [1.165, 1.54) is 0 Å². The minimum atomic E-state index is 0.548. The molecule has 0 spiro atoms. The van der Waals surface area contributed by atoms with Crippen LogP contribution in [0, 0.1) is 0 Å². The summed E-state index contributed by atoms with van der Waals surface area (Å²) in [6, 6.07) is 64.2. The fourth-order valence-electron chi connectivity index (χ4n) is 7.07. The summed E-state index contributed by atoms with van der Waals surface area (Å²) in [5, 5.41) is 1.75. The van der Waals surface area contributed by atoms with E-state index in [-0.39, 0.29) is 0 Å². The van der Waals surface area contributed by atoms with E-state index in [4.69, 9.17) is 19.4 Å². The number of hydrogen-bond acceptors (Lipinski definition) is 5. The summed E-state index contributed by atoms with van der Waals surface area (Å²) in [5.74, 6) is 1.73. The van der Waals surface area contributed by atoms with Gasteiger partial charge in [-0.05, 0) is 47.0 Å². The van der Waals surface area contributed by atoms with Crippen LogP contribution < -0.4 is 15.5 Å². The van der Waals surface area contributed by atoms with E-state index in [1.807, 2.05) is 91.0 Å². The molecule has 9 aromatic rings. The average Bonchev–Trinajstić information content (AvgIpc) is 3.63. The number of nitrogens with zero attached hydrogens (tertiary/aromatic N) is 4. The van der Waals surface area contributed by atoms with Crippen LogP contribution in [-0.4, -0.2) is 15.0 Å². The second-order valence-corrected chi connectivity index (χ2v) is 13.3. The molecule has 7 aromatic carbocycles. The van der Waals surface area contributed by atoms with Gasteiger partial charge < -0.3 is 9.32 Å². The number of anilines is 2. The number of allylic oxidation sites excluding steroid dienone is 1. The zero-order valence-electron chi connectivity index (χ0n) is 30.5. The smallest absolute Gasteiger partial charge is 0.164 e. The van der Waals surface area contributed by atoms with E-state index < -0.39 is 0 Å². The monoisotopic (exact) mass is 720 g/mol. The molecule has 2 heterocycles. The molecule has 0 aliphatic carbocycles. The third-order valence-corrected chi connectivity index (χ3v) is 9.75. The lowest BCUT2D eigenvalue weighted by atomic mass is 10.0. The van der Waals surface area contributed by atoms with Gasteiger partial charge in [-0.3, -0.25) is 0 Å². The molecule has 266 valence electrons. The van der Waals surface area contributed by atoms with E-state index >= 15 is 0 Å². The first kappa shape index (κ1) is 34.2. The van der Waals surface area contributed by atoms with Crippen LogP contribution in [0.1, 0.15) is 0 Å². The minimum absolute atomic E-state index is 0.548. The summed E-state index contributed by atoms with van der Waals surface area (Å²) in [6.45, 7) is 4.05. The van der Waals surface area contributed by atoms with Gasteiger partial charge in [0, 0.05) is 44.7 Å². The highest BCUT2D eigenvalue weighted by Crippen LogP contribution is 2.37. The molecule has 9 rings (SSSR count). The van der Waals surface area contributed by atoms with Gasteiger partial charge in [0.1, 0.15) is 11.0 Å². The number of fused-ring (bicyclic) bond motifs is 1. The van der Waals surface area contributed by atoms with Crippen LogP contribution in [0.3, 0.4) is 0 Å². The van der Waals surface area contributed by atoms with Crippen molar-refractivity contribution in [3.63, 3.8) is 0 Å². The first-order chi connectivity index (χ1) is 27.7. The predicted octanol–water partition coefficient (Wildman–Crippen LogP) is 11.5. The molecule has 0 fully saturated rings. The van der Waals surface area contributed by atoms with Gasteiger partial charge in [-0.2, -0.15) is 0 Å². The Labute approximate surface area is 325 Å². The Morgan fingerprint density at radius 1 is 0.446 bits per heavy atom. The molecular weight excluding hydrogens is 685 g/mol. The third kappa shape index (κ3) is 6.81. The molecule has 0 aliphatic heterocycles. The van der Waals surface area contributed by atoms with E-state index in [1.54, 1.807) is 6.08 Å². The predicted molar refractivity (Wildman–Crippen MR) is 230 cm³/mol. The largest absolute Gasteiger partial charge is 0.456 e. The maximum Gasteiger partial charge on any atom is 0.164 e. The van der Waals surface area contributed by atoms with Crippen molar-refractivity contribution in [2.75, 3.05) is 4.90 Å². The van der Waals surface area contributed by atoms with Crippen molar-refractivity contribution in [1.29, 1.82) is 0 Å². The summed E-state index contributed by atoms with van der Waals surface area (Å²) in [4.78, 5) is 17.4. The Morgan fingerprint density at radius 2 is 0.946 bits per heavy atom. The minimum Gasteiger partial charge on any atom is -0.456 e. The summed E-state index contributed by atoms with van der Waals surface area (Å²) in [6.07, 6.45) is 5.84. The van der Waals surface area contributed by atoms with Crippen LogP contribution in [0.2, 0.25) is 0 Å². The van der Waals surface area contributed by atoms with Gasteiger partial charge in [-0.25, -0.2) is 15.0 Å². The topological polar surface area (TPSA) is 55.1 Å². The zero-order chi connectivity index (χ0) is 37.7. The molecule has 0 bridgehead atoms. The lowest BCUT2D eigenvalue weighted by molar-refractivity contribution is 0.575. The Morgan fingerprint density at radius 3 is 1.55 bits per heavy atom. The van der Waals surface area contributed by atoms with E-state index in [9.17, 15) is 0 Å². The van der Waals surface area contributed by atoms with Gasteiger partial charge >= 0.3 is 0 Å². The standard InChI is InChI=1S/C51H36N4O/c1-2-18-46-44(35-55(41-33-31-37(32-34-41)36-19-7-3-8-20-36)45-29-16-15-27-42(45)38-21-9-4-10-22-38)48-43(28-17-30-47(48)56-46)51-53-49(39-23-11-5-12-24-39)52-50(54-51)40-25-13-6-14-26-40/h2-35H,1H2/b44-35+,46-18+. The molecule has 0 N–H and O–H groups in total. The van der Waals surface area contributed by atoms with Crippen LogP contribution in [-0.2, 0) is 0 Å². The lowest BCUT2D eigenvalue weighted by Crippen LogP contribution is -2.25. The quantitative estimate of drug-likeness (QED) is 0.149. The van der Waals surface area contributed by atoms with Crippen LogP contribution >= 0.6 is 0 Å². The highest BCUT2D eigenvalue weighted by molar-refractivity contribution is 5.95. The van der Waals surface area contributed by atoms with Gasteiger partial charge in [0.15, 0.2) is 17.5 Å². The number of aromatic nitrogens is 3. The molecule has 0 radical (unpaired) electrons. The molecule has 5 heteroatoms. The number of rotatable bonds is 9. The molecule has 2 aromatic heterocycles. The van der Waals surface area contributed by atoms with Crippen LogP contribution in [0.4, 0.5) is 11.4 Å². The highest BCUT2D eigenvalue weighted by Gasteiger charge is 2.19. The molecule has 0 amide bonds. The first-order valence-corrected chi connectivity index (χ1v) is 18.6. The Kier molecular flexibility index (Phi) is 9.38. The second-order valence-electron chi connectivity index (χ2n) is 13.3. The summed E-state index contributed by atoms with van der Waals surface area (Å²) in [7, 11) is 0. The highest BCUT2D eigenvalue weighted by atomic mass is 16.3. The fourth-order valence-corrected chi connectivity index (χ4v) is 7.07. The van der Waals surface area contributed by atoms with Crippen LogP contribution in [0.15, 0.2) is 205 Å². The lowest BCUT2D eigenvalue weighted by Gasteiger charge is -2.24. The molecule has 56 heavy (non-hydrogen) atoms. The normalized spacial score (nSPS) is 11.9. The molecule has 0 atom stereocenters. The van der Waals surface area contributed by atoms with Crippen molar-refractivity contribution in [2.45, 2.75) is 0 Å². The maximum atomic E-state index is 6.64. The van der Waals surface area contributed by atoms with Crippen molar-refractivity contribution in [3.8, 4) is 56.4 Å². The van der Waals surface area contributed by atoms with Gasteiger partial charge in [-0.15, -0.1) is 0 Å². The molecule has 0 saturated heterocycles. The molecule has 5 nitrogen and oxygen atoms in total. The van der Waals surface area contributed by atoms with Crippen molar-refractivity contribution < 1.29 is 4.42 Å². The van der Waals surface area contributed by atoms with Crippen LogP contribution in [0.25, 0.3) is 79.7 Å². The molecule has 0 saturated carbocycles. The van der Waals surface area contributed by atoms with Crippen LogP contribution in [0.5, 0.6) is 0 Å². The number of para-hydroxylation sites is 1. The number of hydrogen-bond donors (Lipinski definition) is 0. The Hall–Kier alpha value is -7.63. The van der Waals surface area contributed by atoms with Gasteiger partial charge in [0.05, 0.1) is 5.69 Å². The first-order valence-electron chi connectivity index (χ1n) is 18.6. The van der Waals surface area contributed by atoms with E-state index in [0.717, 1.165) is 60.9 Å². The average molecular weight is 721 g/mol. The third-order valence-electron chi connectivity index (χ3n) is 9.75. The van der Waals surface area contributed by atoms with Crippen molar-refractivity contribution in [3.05, 3.63) is 211 Å². The van der Waals surface area contributed by atoms with Crippen molar-refractivity contribution in [1.82, 2.24) is 15.0 Å². The fraction of sp³-hybridized carbons (Fsp3) is 0. The number of benzene rings is 7. The van der Waals surface area contributed by atoms with Gasteiger partial charge in [-0.1, -0.05) is 176 Å². The summed E-state index contributed by atoms with van der Waals surface area (Å²) in [5.41, 5.74) is 10.5. The summed E-state index contributed by atoms with van der Waals surface area (Å²) >= 11 is 0. The maximum absolute atomic E-state index is 6.64. The van der Waals surface area contributed by atoms with E-state index in [2.05, 4.69) is 121 Å². The van der Waals surface area contributed by atoms with Crippen molar-refractivity contribution in [2.24, 2.45) is 0 Å². The van der Waals surface area contributed by atoms with Gasteiger partial charge in [0.2, 0.25) is 0 Å². The second kappa shape index (κ2) is 15.4. The summed E-state index contributed by atoms with van der Waals surface area (Å²) < 4.78 is 6.64. The number of furan rings is 1. The zero-order valence-corrected chi connectivity index (χ0v) is 30.5. The Bertz CT molecular complexity index is 2850. The molecular formula is C51H36N4O. The van der Waals surface area contributed by atoms with Crippen molar-refractivity contribution >= 4 is 34.6 Å². The molecule has 0 aliphatic rings. The Balaban J connectivity index is 1.31. The van der Waals surface area contributed by atoms with E-state index in [0.29, 0.717) is 28.5 Å². The van der Waals surface area contributed by atoms with Gasteiger partial charge in [0.25, 0.3) is 0 Å². The molecule has 0 unspecified atom stereocenters. The SMILES string of the molecule is C=C/C=c1/oc2cccc(-c3nc(-c4ccccc4)nc(-c4ccccc4)n3)c2/c1=C/N(c1ccc(-c2ccccc2)cc1)c1ccccc1-c1ccccc1.